The monoisotopic (exact) mass is 505 g/mol. The zero-order chi connectivity index (χ0) is 23.9. The highest BCUT2D eigenvalue weighted by molar-refractivity contribution is 7.93. The van der Waals surface area contributed by atoms with Gasteiger partial charge in [-0.1, -0.05) is 11.3 Å². The summed E-state index contributed by atoms with van der Waals surface area (Å²) in [4.78, 5) is -1.21. The van der Waals surface area contributed by atoms with Gasteiger partial charge in [0.2, 0.25) is 5.13 Å². The molecule has 1 aromatic heterocycles. The lowest BCUT2D eigenvalue weighted by Gasteiger charge is -2.15. The molecule has 0 saturated heterocycles. The number of ether oxygens (including phenoxy) is 1. The SMILES string of the molecule is O=S(=O)(Nc1nncs1)c1cc(F)c(Oc2cc(C(F)(F)F)cc(C(F)(F)F)c2)cc1F. The molecule has 0 spiro atoms. The first-order chi connectivity index (χ1) is 14.7. The summed E-state index contributed by atoms with van der Waals surface area (Å²) >= 11 is 0.729. The number of rotatable bonds is 5. The molecule has 1 N–H and O–H groups in total. The Morgan fingerprint density at radius 2 is 1.47 bits per heavy atom. The van der Waals surface area contributed by atoms with Crippen molar-refractivity contribution in [1.82, 2.24) is 10.2 Å². The van der Waals surface area contributed by atoms with E-state index in [9.17, 15) is 43.5 Å². The maximum absolute atomic E-state index is 14.3. The van der Waals surface area contributed by atoms with Crippen molar-refractivity contribution in [2.45, 2.75) is 17.2 Å². The first-order valence-electron chi connectivity index (χ1n) is 7.92. The zero-order valence-electron chi connectivity index (χ0n) is 14.9. The van der Waals surface area contributed by atoms with Gasteiger partial charge in [0, 0.05) is 12.1 Å². The topological polar surface area (TPSA) is 81.2 Å². The van der Waals surface area contributed by atoms with Gasteiger partial charge in [-0.2, -0.15) is 26.3 Å². The molecule has 172 valence electrons. The van der Waals surface area contributed by atoms with Crippen molar-refractivity contribution < 1.29 is 48.3 Å². The smallest absolute Gasteiger partial charge is 0.416 e. The Hall–Kier alpha value is -3.01. The normalized spacial score (nSPS) is 12.6. The number of nitrogens with zero attached hydrogens (tertiary/aromatic N) is 2. The van der Waals surface area contributed by atoms with Crippen LogP contribution in [0.4, 0.5) is 40.3 Å². The third-order valence-electron chi connectivity index (χ3n) is 3.65. The number of nitrogens with one attached hydrogen (secondary N) is 1. The quantitative estimate of drug-likeness (QED) is 0.467. The van der Waals surface area contributed by atoms with E-state index < -0.39 is 61.5 Å². The molecule has 0 aliphatic heterocycles. The summed E-state index contributed by atoms with van der Waals surface area (Å²) in [6.45, 7) is 0. The maximum Gasteiger partial charge on any atom is 0.416 e. The van der Waals surface area contributed by atoms with Gasteiger partial charge in [0.1, 0.15) is 22.0 Å². The summed E-state index contributed by atoms with van der Waals surface area (Å²) in [5, 5.41) is 6.44. The molecule has 0 unspecified atom stereocenters. The average Bonchev–Trinajstić information content (AvgIpc) is 3.15. The predicted molar refractivity (Wildman–Crippen MR) is 93.6 cm³/mol. The number of aromatic nitrogens is 2. The van der Waals surface area contributed by atoms with Gasteiger partial charge in [0.05, 0.1) is 11.1 Å². The van der Waals surface area contributed by atoms with E-state index in [4.69, 9.17) is 0 Å². The van der Waals surface area contributed by atoms with E-state index in [1.807, 2.05) is 4.72 Å². The molecule has 0 aliphatic rings. The first-order valence-corrected chi connectivity index (χ1v) is 10.3. The van der Waals surface area contributed by atoms with E-state index in [0.29, 0.717) is 0 Å². The molecule has 16 heteroatoms. The summed E-state index contributed by atoms with van der Waals surface area (Å²) < 4.78 is 137. The zero-order valence-corrected chi connectivity index (χ0v) is 16.6. The maximum atomic E-state index is 14.3. The molecule has 0 radical (unpaired) electrons. The van der Waals surface area contributed by atoms with E-state index in [1.165, 1.54) is 0 Å². The number of halogens is 8. The molecule has 0 bridgehead atoms. The lowest BCUT2D eigenvalue weighted by molar-refractivity contribution is -0.143. The Kier molecular flexibility index (Phi) is 6.03. The van der Waals surface area contributed by atoms with Crippen LogP contribution in [0.1, 0.15) is 11.1 Å². The minimum Gasteiger partial charge on any atom is -0.454 e. The van der Waals surface area contributed by atoms with Crippen molar-refractivity contribution in [3.63, 3.8) is 0 Å². The van der Waals surface area contributed by atoms with Crippen molar-refractivity contribution in [2.24, 2.45) is 0 Å². The van der Waals surface area contributed by atoms with E-state index in [0.717, 1.165) is 16.8 Å². The fraction of sp³-hybridized carbons (Fsp3) is 0.125. The number of benzene rings is 2. The van der Waals surface area contributed by atoms with Crippen LogP contribution in [0.2, 0.25) is 0 Å². The minimum atomic E-state index is -5.20. The fourth-order valence-electron chi connectivity index (χ4n) is 2.29. The second-order valence-electron chi connectivity index (χ2n) is 5.91. The van der Waals surface area contributed by atoms with E-state index in [-0.39, 0.29) is 35.5 Å². The molecule has 0 atom stereocenters. The number of sulfonamides is 1. The third-order valence-corrected chi connectivity index (χ3v) is 5.74. The van der Waals surface area contributed by atoms with Gasteiger partial charge in [-0.3, -0.25) is 4.72 Å². The molecule has 0 aliphatic carbocycles. The Labute approximate surface area is 177 Å². The molecule has 0 amide bonds. The van der Waals surface area contributed by atoms with Crippen LogP contribution in [0.15, 0.2) is 40.7 Å². The Morgan fingerprint density at radius 3 is 1.97 bits per heavy atom. The Bertz CT molecular complexity index is 1210. The van der Waals surface area contributed by atoms with Gasteiger partial charge in [-0.05, 0) is 18.2 Å². The van der Waals surface area contributed by atoms with Gasteiger partial charge >= 0.3 is 12.4 Å². The predicted octanol–water partition coefficient (Wildman–Crippen LogP) is 5.45. The van der Waals surface area contributed by atoms with Crippen LogP contribution in [0.25, 0.3) is 0 Å². The van der Waals surface area contributed by atoms with E-state index in [2.05, 4.69) is 14.9 Å². The number of anilines is 1. The van der Waals surface area contributed by atoms with Gasteiger partial charge in [0.15, 0.2) is 11.6 Å². The molecular formula is C16H7F8N3O3S2. The highest BCUT2D eigenvalue weighted by atomic mass is 32.2. The lowest BCUT2D eigenvalue weighted by Crippen LogP contribution is -2.15. The first kappa shape index (κ1) is 23.6. The average molecular weight is 505 g/mol. The van der Waals surface area contributed by atoms with Gasteiger partial charge in [0.25, 0.3) is 10.0 Å². The van der Waals surface area contributed by atoms with Gasteiger partial charge < -0.3 is 4.74 Å². The summed E-state index contributed by atoms with van der Waals surface area (Å²) in [5.41, 5.74) is -2.34. The molecule has 2 aromatic carbocycles. The Morgan fingerprint density at radius 1 is 0.875 bits per heavy atom. The van der Waals surface area contributed by atoms with Crippen molar-refractivity contribution >= 4 is 26.5 Å². The highest BCUT2D eigenvalue weighted by Gasteiger charge is 2.37. The second-order valence-corrected chi connectivity index (χ2v) is 8.39. The van der Waals surface area contributed by atoms with Crippen LogP contribution < -0.4 is 9.46 Å². The lowest BCUT2D eigenvalue weighted by atomic mass is 10.1. The van der Waals surface area contributed by atoms with Crippen molar-refractivity contribution in [3.05, 3.63) is 58.6 Å². The van der Waals surface area contributed by atoms with E-state index >= 15 is 0 Å². The number of hydrogen-bond acceptors (Lipinski definition) is 6. The second kappa shape index (κ2) is 8.16. The molecular weight excluding hydrogens is 498 g/mol. The molecule has 6 nitrogen and oxygen atoms in total. The van der Waals surface area contributed by atoms with Crippen LogP contribution in [0.3, 0.4) is 0 Å². The summed E-state index contributed by atoms with van der Waals surface area (Å²) in [5.74, 6) is -5.42. The summed E-state index contributed by atoms with van der Waals surface area (Å²) in [6.07, 6.45) is -10.4. The molecule has 3 rings (SSSR count). The third kappa shape index (κ3) is 5.24. The van der Waals surface area contributed by atoms with E-state index in [1.54, 1.807) is 0 Å². The standard InChI is InChI=1S/C16H7F8N3O3S2/c17-10-5-13(32(28,29)27-14-26-25-6-31-14)11(18)4-12(10)30-9-2-7(15(19,20)21)1-8(3-9)16(22,23)24/h1-6H,(H,26,27). The van der Waals surface area contributed by atoms with Crippen LogP contribution in [0.5, 0.6) is 11.5 Å². The molecule has 0 saturated carbocycles. The number of hydrogen-bond donors (Lipinski definition) is 1. The Balaban J connectivity index is 1.99. The van der Waals surface area contributed by atoms with Crippen molar-refractivity contribution in [3.8, 4) is 11.5 Å². The van der Waals surface area contributed by atoms with Crippen molar-refractivity contribution in [2.75, 3.05) is 4.72 Å². The van der Waals surface area contributed by atoms with Crippen LogP contribution >= 0.6 is 11.3 Å². The van der Waals surface area contributed by atoms with Gasteiger partial charge in [-0.15, -0.1) is 10.2 Å². The van der Waals surface area contributed by atoms with Crippen molar-refractivity contribution in [1.29, 1.82) is 0 Å². The van der Waals surface area contributed by atoms with Crippen LogP contribution in [0, 0.1) is 11.6 Å². The fourth-order valence-corrected chi connectivity index (χ4v) is 4.06. The molecule has 3 aromatic rings. The highest BCUT2D eigenvalue weighted by Crippen LogP contribution is 2.40. The molecule has 1 heterocycles. The molecule has 0 fully saturated rings. The molecule has 32 heavy (non-hydrogen) atoms. The summed E-state index contributed by atoms with van der Waals surface area (Å²) in [7, 11) is -4.69. The minimum absolute atomic E-state index is 0.145. The largest absolute Gasteiger partial charge is 0.454 e. The number of alkyl halides is 6. The van der Waals surface area contributed by atoms with Gasteiger partial charge in [-0.25, -0.2) is 17.2 Å². The van der Waals surface area contributed by atoms with Crippen LogP contribution in [-0.4, -0.2) is 18.6 Å². The van der Waals surface area contributed by atoms with Crippen LogP contribution in [-0.2, 0) is 22.4 Å². The summed E-state index contributed by atoms with van der Waals surface area (Å²) in [6, 6.07) is 0.422.